The normalized spacial score (nSPS) is 18.5. The number of piperidine rings is 1. The van der Waals surface area contributed by atoms with Gasteiger partial charge in [-0.15, -0.1) is 0 Å². The van der Waals surface area contributed by atoms with Crippen molar-refractivity contribution < 1.29 is 14.0 Å². The van der Waals surface area contributed by atoms with E-state index in [-0.39, 0.29) is 29.6 Å². The van der Waals surface area contributed by atoms with E-state index in [0.717, 1.165) is 25.1 Å². The summed E-state index contributed by atoms with van der Waals surface area (Å²) in [5, 5.41) is 5.75. The van der Waals surface area contributed by atoms with Crippen molar-refractivity contribution in [2.24, 2.45) is 5.92 Å². The van der Waals surface area contributed by atoms with E-state index >= 15 is 0 Å². The molecule has 0 bridgehead atoms. The molecule has 0 unspecified atom stereocenters. The van der Waals surface area contributed by atoms with E-state index in [1.807, 2.05) is 42.2 Å². The van der Waals surface area contributed by atoms with Gasteiger partial charge in [-0.3, -0.25) is 14.5 Å². The van der Waals surface area contributed by atoms with Crippen molar-refractivity contribution in [3.8, 4) is 0 Å². The van der Waals surface area contributed by atoms with Crippen LogP contribution in [0.3, 0.4) is 0 Å². The molecular weight excluding hydrogens is 345 g/mol. The van der Waals surface area contributed by atoms with Gasteiger partial charge in [-0.1, -0.05) is 18.2 Å². The molecule has 6 heteroatoms. The Morgan fingerprint density at radius 3 is 2.41 bits per heavy atom. The van der Waals surface area contributed by atoms with Crippen LogP contribution in [0.1, 0.15) is 19.8 Å². The minimum Gasteiger partial charge on any atom is -0.326 e. The first-order valence-electron chi connectivity index (χ1n) is 9.19. The molecule has 1 fully saturated rings. The van der Waals surface area contributed by atoms with Gasteiger partial charge in [0.2, 0.25) is 11.8 Å². The fraction of sp³-hybridized carbons (Fsp3) is 0.333. The maximum Gasteiger partial charge on any atom is 0.241 e. The number of amides is 2. The molecule has 1 heterocycles. The number of rotatable bonds is 5. The molecule has 27 heavy (non-hydrogen) atoms. The van der Waals surface area contributed by atoms with Crippen LogP contribution in [-0.4, -0.2) is 35.8 Å². The zero-order valence-corrected chi connectivity index (χ0v) is 15.3. The smallest absolute Gasteiger partial charge is 0.241 e. The van der Waals surface area contributed by atoms with Crippen LogP contribution >= 0.6 is 0 Å². The summed E-state index contributed by atoms with van der Waals surface area (Å²) in [4.78, 5) is 27.1. The molecule has 1 saturated heterocycles. The van der Waals surface area contributed by atoms with Crippen LogP contribution in [-0.2, 0) is 9.59 Å². The lowest BCUT2D eigenvalue weighted by Crippen LogP contribution is -2.49. The molecule has 2 amide bonds. The Labute approximate surface area is 158 Å². The highest BCUT2D eigenvalue weighted by molar-refractivity contribution is 5.95. The highest BCUT2D eigenvalue weighted by atomic mass is 19.1. The predicted octanol–water partition coefficient (Wildman–Crippen LogP) is 3.50. The first-order valence-corrected chi connectivity index (χ1v) is 9.19. The third-order valence-corrected chi connectivity index (χ3v) is 4.90. The average molecular weight is 369 g/mol. The zero-order chi connectivity index (χ0) is 19.2. The number of likely N-dealkylation sites (tertiary alicyclic amines) is 1. The van der Waals surface area contributed by atoms with Gasteiger partial charge in [-0.05, 0) is 62.7 Å². The highest BCUT2D eigenvalue weighted by Crippen LogP contribution is 2.21. The second-order valence-electron chi connectivity index (χ2n) is 6.86. The van der Waals surface area contributed by atoms with Crippen LogP contribution in [0.25, 0.3) is 0 Å². The molecule has 2 N–H and O–H groups in total. The average Bonchev–Trinajstić information content (AvgIpc) is 2.70. The Kier molecular flexibility index (Phi) is 6.19. The molecule has 2 aromatic rings. The van der Waals surface area contributed by atoms with Gasteiger partial charge < -0.3 is 10.6 Å². The van der Waals surface area contributed by atoms with Gasteiger partial charge in [0.15, 0.2) is 0 Å². The first kappa shape index (κ1) is 19.0. The molecular formula is C21H24FN3O2. The Balaban J connectivity index is 1.57. The lowest BCUT2D eigenvalue weighted by atomic mass is 9.95. The van der Waals surface area contributed by atoms with Gasteiger partial charge in [0.05, 0.1) is 12.0 Å². The minimum atomic E-state index is -0.373. The summed E-state index contributed by atoms with van der Waals surface area (Å²) in [5.74, 6) is -0.674. The van der Waals surface area contributed by atoms with Gasteiger partial charge in [-0.25, -0.2) is 4.39 Å². The first-order chi connectivity index (χ1) is 13.0. The quantitative estimate of drug-likeness (QED) is 0.848. The van der Waals surface area contributed by atoms with E-state index < -0.39 is 0 Å². The minimum absolute atomic E-state index is 0.0166. The van der Waals surface area contributed by atoms with Crippen molar-refractivity contribution in [2.75, 3.05) is 23.7 Å². The summed E-state index contributed by atoms with van der Waals surface area (Å²) in [7, 11) is 0. The number of nitrogens with zero attached hydrogens (tertiary/aromatic N) is 1. The van der Waals surface area contributed by atoms with E-state index in [1.165, 1.54) is 24.3 Å². The van der Waals surface area contributed by atoms with E-state index in [9.17, 15) is 14.0 Å². The predicted molar refractivity (Wildman–Crippen MR) is 104 cm³/mol. The fourth-order valence-corrected chi connectivity index (χ4v) is 3.28. The van der Waals surface area contributed by atoms with E-state index in [1.54, 1.807) is 0 Å². The summed E-state index contributed by atoms with van der Waals surface area (Å²) in [5.41, 5.74) is 1.34. The van der Waals surface area contributed by atoms with E-state index in [0.29, 0.717) is 12.2 Å². The summed E-state index contributed by atoms with van der Waals surface area (Å²) in [6.45, 7) is 3.14. The maximum absolute atomic E-state index is 13.0. The lowest BCUT2D eigenvalue weighted by molar-refractivity contribution is -0.125. The Morgan fingerprint density at radius 2 is 1.70 bits per heavy atom. The topological polar surface area (TPSA) is 61.4 Å². The van der Waals surface area contributed by atoms with Gasteiger partial charge in [0, 0.05) is 17.9 Å². The molecule has 2 aromatic carbocycles. The van der Waals surface area contributed by atoms with Crippen molar-refractivity contribution in [3.05, 3.63) is 60.4 Å². The number of para-hydroxylation sites is 1. The molecule has 142 valence electrons. The van der Waals surface area contributed by atoms with Crippen LogP contribution in [0.5, 0.6) is 0 Å². The van der Waals surface area contributed by atoms with Crippen LogP contribution in [0.2, 0.25) is 0 Å². The zero-order valence-electron chi connectivity index (χ0n) is 15.3. The number of nitrogens with one attached hydrogen (secondary N) is 2. The maximum atomic E-state index is 13.0. The molecule has 5 nitrogen and oxygen atoms in total. The second-order valence-corrected chi connectivity index (χ2v) is 6.86. The van der Waals surface area contributed by atoms with Crippen molar-refractivity contribution in [1.29, 1.82) is 0 Å². The van der Waals surface area contributed by atoms with Crippen LogP contribution in [0, 0.1) is 11.7 Å². The summed E-state index contributed by atoms with van der Waals surface area (Å²) < 4.78 is 13.0. The Hall–Kier alpha value is -2.73. The fourth-order valence-electron chi connectivity index (χ4n) is 3.28. The number of hydrogen-bond acceptors (Lipinski definition) is 3. The molecule has 0 radical (unpaired) electrons. The van der Waals surface area contributed by atoms with Gasteiger partial charge >= 0.3 is 0 Å². The Bertz CT molecular complexity index is 780. The molecule has 1 aliphatic heterocycles. The molecule has 3 rings (SSSR count). The largest absolute Gasteiger partial charge is 0.326 e. The number of carbonyl (C=O) groups is 2. The third-order valence-electron chi connectivity index (χ3n) is 4.90. The van der Waals surface area contributed by atoms with Gasteiger partial charge in [-0.2, -0.15) is 0 Å². The molecule has 2 atom stereocenters. The SMILES string of the molecule is C[C@@H](C(=O)Nc1ccc(F)cc1)N1CCC[C@@H](C(=O)Nc2ccccc2)C1. The van der Waals surface area contributed by atoms with Crippen molar-refractivity contribution in [2.45, 2.75) is 25.8 Å². The number of anilines is 2. The number of benzene rings is 2. The van der Waals surface area contributed by atoms with E-state index in [2.05, 4.69) is 10.6 Å². The standard InChI is InChI=1S/C21H24FN3O2/c1-15(20(26)23-19-11-9-17(22)10-12-19)25-13-5-6-16(14-25)21(27)24-18-7-3-2-4-8-18/h2-4,7-12,15-16H,5-6,13-14H2,1H3,(H,23,26)(H,24,27)/t15-,16+/m0/s1. The number of carbonyl (C=O) groups excluding carboxylic acids is 2. The molecule has 0 aromatic heterocycles. The van der Waals surface area contributed by atoms with Crippen molar-refractivity contribution in [1.82, 2.24) is 4.90 Å². The molecule has 1 aliphatic rings. The monoisotopic (exact) mass is 369 g/mol. The summed E-state index contributed by atoms with van der Waals surface area (Å²) in [6, 6.07) is 14.7. The van der Waals surface area contributed by atoms with Crippen LogP contribution in [0.15, 0.2) is 54.6 Å². The molecule has 0 spiro atoms. The number of halogens is 1. The van der Waals surface area contributed by atoms with Gasteiger partial charge in [0.25, 0.3) is 0 Å². The van der Waals surface area contributed by atoms with Crippen molar-refractivity contribution >= 4 is 23.2 Å². The second kappa shape index (κ2) is 8.77. The Morgan fingerprint density at radius 1 is 1.04 bits per heavy atom. The van der Waals surface area contributed by atoms with Crippen molar-refractivity contribution in [3.63, 3.8) is 0 Å². The van der Waals surface area contributed by atoms with E-state index in [4.69, 9.17) is 0 Å². The highest BCUT2D eigenvalue weighted by Gasteiger charge is 2.30. The summed E-state index contributed by atoms with van der Waals surface area (Å²) in [6.07, 6.45) is 1.67. The number of hydrogen-bond donors (Lipinski definition) is 2. The lowest BCUT2D eigenvalue weighted by Gasteiger charge is -2.35. The van der Waals surface area contributed by atoms with Gasteiger partial charge in [0.1, 0.15) is 5.82 Å². The molecule has 0 saturated carbocycles. The third kappa shape index (κ3) is 5.14. The summed E-state index contributed by atoms with van der Waals surface area (Å²) >= 11 is 0. The van der Waals surface area contributed by atoms with Crippen LogP contribution < -0.4 is 10.6 Å². The molecule has 0 aliphatic carbocycles. The van der Waals surface area contributed by atoms with Crippen LogP contribution in [0.4, 0.5) is 15.8 Å².